The Labute approximate surface area is 98.1 Å². The van der Waals surface area contributed by atoms with E-state index in [1.807, 2.05) is 31.2 Å². The van der Waals surface area contributed by atoms with Crippen molar-refractivity contribution >= 4 is 21.4 Å². The number of aromatic nitrogens is 2. The SMILES string of the molecule is Cc1ccc(-c2nsc(S(C)(=O)=O)n2)cc1. The van der Waals surface area contributed by atoms with Gasteiger partial charge < -0.3 is 0 Å². The van der Waals surface area contributed by atoms with E-state index in [0.29, 0.717) is 5.82 Å². The largest absolute Gasteiger partial charge is 0.228 e. The molecule has 0 saturated heterocycles. The van der Waals surface area contributed by atoms with Crippen molar-refractivity contribution in [3.63, 3.8) is 0 Å². The minimum atomic E-state index is -3.25. The first-order valence-electron chi connectivity index (χ1n) is 4.57. The highest BCUT2D eigenvalue weighted by atomic mass is 32.2. The number of hydrogen-bond donors (Lipinski definition) is 0. The molecule has 6 heteroatoms. The van der Waals surface area contributed by atoms with Crippen LogP contribution in [0, 0.1) is 6.92 Å². The van der Waals surface area contributed by atoms with Gasteiger partial charge in [-0.15, -0.1) is 0 Å². The number of sulfone groups is 1. The Bertz CT molecular complexity index is 600. The van der Waals surface area contributed by atoms with E-state index in [2.05, 4.69) is 9.36 Å². The molecule has 0 fully saturated rings. The van der Waals surface area contributed by atoms with Gasteiger partial charge in [-0.25, -0.2) is 13.4 Å². The Balaban J connectivity index is 2.43. The van der Waals surface area contributed by atoms with Crippen molar-refractivity contribution < 1.29 is 8.42 Å². The summed E-state index contributed by atoms with van der Waals surface area (Å²) in [5, 5.41) is 0. The summed E-state index contributed by atoms with van der Waals surface area (Å²) in [7, 11) is -3.25. The van der Waals surface area contributed by atoms with Crippen molar-refractivity contribution in [1.82, 2.24) is 9.36 Å². The maximum atomic E-state index is 11.2. The molecule has 0 aliphatic rings. The van der Waals surface area contributed by atoms with Crippen molar-refractivity contribution in [3.8, 4) is 11.4 Å². The summed E-state index contributed by atoms with van der Waals surface area (Å²) < 4.78 is 26.6. The molecule has 0 spiro atoms. The highest BCUT2D eigenvalue weighted by molar-refractivity contribution is 7.92. The van der Waals surface area contributed by atoms with Gasteiger partial charge in [-0.05, 0) is 18.5 Å². The third kappa shape index (κ3) is 2.28. The summed E-state index contributed by atoms with van der Waals surface area (Å²) in [6.07, 6.45) is 1.13. The quantitative estimate of drug-likeness (QED) is 0.821. The topological polar surface area (TPSA) is 59.9 Å². The lowest BCUT2D eigenvalue weighted by Gasteiger charge is -1.95. The van der Waals surface area contributed by atoms with Crippen molar-refractivity contribution in [1.29, 1.82) is 0 Å². The van der Waals surface area contributed by atoms with Gasteiger partial charge in [0, 0.05) is 11.8 Å². The van der Waals surface area contributed by atoms with E-state index in [1.54, 1.807) is 0 Å². The molecular formula is C10H10N2O2S2. The predicted octanol–water partition coefficient (Wildman–Crippen LogP) is 1.92. The van der Waals surface area contributed by atoms with Gasteiger partial charge in [-0.1, -0.05) is 29.8 Å². The Morgan fingerprint density at radius 1 is 1.19 bits per heavy atom. The summed E-state index contributed by atoms with van der Waals surface area (Å²) in [6.45, 7) is 1.99. The minimum Gasteiger partial charge on any atom is -0.221 e. The number of benzene rings is 1. The van der Waals surface area contributed by atoms with E-state index >= 15 is 0 Å². The second-order valence-corrected chi connectivity index (χ2v) is 6.46. The Morgan fingerprint density at radius 3 is 2.31 bits per heavy atom. The smallest absolute Gasteiger partial charge is 0.221 e. The molecule has 0 unspecified atom stereocenters. The maximum absolute atomic E-state index is 11.2. The van der Waals surface area contributed by atoms with Crippen LogP contribution in [0.1, 0.15) is 5.56 Å². The molecule has 2 rings (SSSR count). The molecule has 1 aromatic carbocycles. The first-order valence-corrected chi connectivity index (χ1v) is 7.24. The Hall–Kier alpha value is -1.27. The van der Waals surface area contributed by atoms with E-state index in [0.717, 1.165) is 28.9 Å². The van der Waals surface area contributed by atoms with E-state index in [1.165, 1.54) is 0 Å². The Morgan fingerprint density at radius 2 is 1.81 bits per heavy atom. The lowest BCUT2D eigenvalue weighted by Crippen LogP contribution is -1.95. The fourth-order valence-electron chi connectivity index (χ4n) is 1.18. The molecule has 0 bridgehead atoms. The molecule has 1 aromatic heterocycles. The lowest BCUT2D eigenvalue weighted by atomic mass is 10.1. The monoisotopic (exact) mass is 254 g/mol. The predicted molar refractivity (Wildman–Crippen MR) is 63.2 cm³/mol. The van der Waals surface area contributed by atoms with Gasteiger partial charge in [-0.3, -0.25) is 0 Å². The number of aryl methyl sites for hydroxylation is 1. The van der Waals surface area contributed by atoms with Crippen LogP contribution in [-0.4, -0.2) is 24.0 Å². The van der Waals surface area contributed by atoms with Crippen LogP contribution in [0.4, 0.5) is 0 Å². The molecule has 0 amide bonds. The van der Waals surface area contributed by atoms with Crippen LogP contribution in [0.2, 0.25) is 0 Å². The van der Waals surface area contributed by atoms with Crippen molar-refractivity contribution in [2.45, 2.75) is 11.3 Å². The zero-order valence-corrected chi connectivity index (χ0v) is 10.5. The zero-order valence-electron chi connectivity index (χ0n) is 8.84. The molecule has 84 valence electrons. The summed E-state index contributed by atoms with van der Waals surface area (Å²) in [5.74, 6) is 0.463. The molecule has 0 radical (unpaired) electrons. The number of hydrogen-bond acceptors (Lipinski definition) is 5. The van der Waals surface area contributed by atoms with Crippen LogP contribution >= 0.6 is 11.5 Å². The second kappa shape index (κ2) is 3.95. The van der Waals surface area contributed by atoms with E-state index < -0.39 is 9.84 Å². The van der Waals surface area contributed by atoms with Gasteiger partial charge in [0.2, 0.25) is 14.2 Å². The van der Waals surface area contributed by atoms with Crippen LogP contribution in [0.15, 0.2) is 28.6 Å². The first kappa shape index (κ1) is 11.2. The number of rotatable bonds is 2. The number of nitrogens with zero attached hydrogens (tertiary/aromatic N) is 2. The normalized spacial score (nSPS) is 11.6. The van der Waals surface area contributed by atoms with Crippen molar-refractivity contribution in [3.05, 3.63) is 29.8 Å². The van der Waals surface area contributed by atoms with Crippen LogP contribution < -0.4 is 0 Å². The maximum Gasteiger partial charge on any atom is 0.228 e. The third-order valence-electron chi connectivity index (χ3n) is 2.03. The molecule has 0 atom stereocenters. The molecule has 2 aromatic rings. The van der Waals surface area contributed by atoms with E-state index in [9.17, 15) is 8.42 Å². The van der Waals surface area contributed by atoms with Gasteiger partial charge in [0.25, 0.3) is 0 Å². The average molecular weight is 254 g/mol. The Kier molecular flexibility index (Phi) is 2.77. The minimum absolute atomic E-state index is 0.0584. The van der Waals surface area contributed by atoms with Crippen LogP contribution in [0.25, 0.3) is 11.4 Å². The van der Waals surface area contributed by atoms with Gasteiger partial charge in [0.15, 0.2) is 5.82 Å². The van der Waals surface area contributed by atoms with Crippen molar-refractivity contribution in [2.75, 3.05) is 6.26 Å². The summed E-state index contributed by atoms with van der Waals surface area (Å²) in [5.41, 5.74) is 1.97. The molecular weight excluding hydrogens is 244 g/mol. The van der Waals surface area contributed by atoms with Gasteiger partial charge in [0.05, 0.1) is 0 Å². The highest BCUT2D eigenvalue weighted by Crippen LogP contribution is 2.20. The van der Waals surface area contributed by atoms with Gasteiger partial charge >= 0.3 is 0 Å². The van der Waals surface area contributed by atoms with E-state index in [4.69, 9.17) is 0 Å². The molecule has 0 aliphatic heterocycles. The van der Waals surface area contributed by atoms with E-state index in [-0.39, 0.29) is 4.34 Å². The lowest BCUT2D eigenvalue weighted by molar-refractivity contribution is 0.601. The van der Waals surface area contributed by atoms with Gasteiger partial charge in [-0.2, -0.15) is 4.37 Å². The van der Waals surface area contributed by atoms with Crippen LogP contribution in [0.5, 0.6) is 0 Å². The molecule has 16 heavy (non-hydrogen) atoms. The summed E-state index contributed by atoms with van der Waals surface area (Å²) >= 11 is 0.906. The standard InChI is InChI=1S/C10H10N2O2S2/c1-7-3-5-8(6-4-7)9-11-10(15-12-9)16(2,13)14/h3-6H,1-2H3. The molecule has 0 saturated carbocycles. The average Bonchev–Trinajstić information content (AvgIpc) is 2.67. The zero-order chi connectivity index (χ0) is 11.8. The van der Waals surface area contributed by atoms with Crippen LogP contribution in [-0.2, 0) is 9.84 Å². The van der Waals surface area contributed by atoms with Crippen molar-refractivity contribution in [2.24, 2.45) is 0 Å². The fourth-order valence-corrected chi connectivity index (χ4v) is 2.52. The summed E-state index contributed by atoms with van der Waals surface area (Å²) in [4.78, 5) is 4.00. The summed E-state index contributed by atoms with van der Waals surface area (Å²) in [6, 6.07) is 7.64. The highest BCUT2D eigenvalue weighted by Gasteiger charge is 2.14. The molecule has 0 aliphatic carbocycles. The second-order valence-electron chi connectivity index (χ2n) is 3.52. The molecule has 4 nitrogen and oxygen atoms in total. The molecule has 0 N–H and O–H groups in total. The first-order chi connectivity index (χ1) is 7.47. The fraction of sp³-hybridized carbons (Fsp3) is 0.200. The molecule has 1 heterocycles. The third-order valence-corrected chi connectivity index (χ3v) is 4.40. The van der Waals surface area contributed by atoms with Gasteiger partial charge in [0.1, 0.15) is 0 Å². The van der Waals surface area contributed by atoms with Crippen LogP contribution in [0.3, 0.4) is 0 Å².